The van der Waals surface area contributed by atoms with Gasteiger partial charge in [0.2, 0.25) is 9.23 Å². The maximum absolute atomic E-state index is 10.8. The summed E-state index contributed by atoms with van der Waals surface area (Å²) in [4.78, 5) is 10.8. The van der Waals surface area contributed by atoms with Crippen molar-refractivity contribution >= 4 is 36.6 Å². The molecule has 4 nitrogen and oxygen atoms in total. The van der Waals surface area contributed by atoms with Crippen molar-refractivity contribution in [3.63, 3.8) is 0 Å². The number of rotatable bonds is 2. The monoisotopic (exact) mass is 293 g/mol. The fraction of sp³-hybridized carbons (Fsp3) is 0.200. The molecule has 1 aromatic rings. The summed E-state index contributed by atoms with van der Waals surface area (Å²) in [6.45, 7) is 0. The van der Waals surface area contributed by atoms with Crippen molar-refractivity contribution in [2.24, 2.45) is 0 Å². The smallest absolute Gasteiger partial charge is 0.309 e. The van der Waals surface area contributed by atoms with Crippen molar-refractivity contribution in [2.45, 2.75) is 6.42 Å². The number of carbonyl (C=O) groups is 1. The van der Waals surface area contributed by atoms with E-state index in [1.165, 1.54) is 7.11 Å². The minimum absolute atomic E-state index is 0.252. The Balaban J connectivity index is 0.000000557. The zero-order valence-corrected chi connectivity index (χ0v) is 11.2. The first-order chi connectivity index (χ1) is 7.99. The van der Waals surface area contributed by atoms with E-state index in [0.29, 0.717) is 5.56 Å². The first-order valence-corrected chi connectivity index (χ1v) is 7.10. The molecule has 0 aromatic heterocycles. The molecule has 0 N–H and O–H groups in total. The van der Waals surface area contributed by atoms with Crippen molar-refractivity contribution < 1.29 is 13.7 Å². The van der Waals surface area contributed by atoms with Crippen LogP contribution in [-0.2, 0) is 25.2 Å². The van der Waals surface area contributed by atoms with Crippen LogP contribution in [0.5, 0.6) is 0 Å². The predicted molar refractivity (Wildman–Crippen MR) is 66.7 cm³/mol. The largest absolute Gasteiger partial charge is 0.469 e. The number of hydrogen-bond acceptors (Lipinski definition) is 4. The Labute approximate surface area is 111 Å². The van der Waals surface area contributed by atoms with Gasteiger partial charge in [-0.2, -0.15) is 5.26 Å². The molecule has 0 amide bonds. The second kappa shape index (κ2) is 8.99. The standard InChI is InChI=1S/C10H9NO2.Cl2OS/c1-13-10(12)6-8-2-4-9(7-11)5-3-8;1-4(2)3/h2-5H,6H2,1H3;. The van der Waals surface area contributed by atoms with Gasteiger partial charge >= 0.3 is 5.97 Å². The lowest BCUT2D eigenvalue weighted by Crippen LogP contribution is -2.04. The van der Waals surface area contributed by atoms with E-state index in [1.807, 2.05) is 6.07 Å². The van der Waals surface area contributed by atoms with E-state index in [0.717, 1.165) is 5.56 Å². The molecule has 0 atom stereocenters. The second-order valence-corrected chi connectivity index (χ2v) is 5.27. The Morgan fingerprint density at radius 1 is 1.41 bits per heavy atom. The summed E-state index contributed by atoms with van der Waals surface area (Å²) in [7, 11) is 8.71. The maximum Gasteiger partial charge on any atom is 0.309 e. The van der Waals surface area contributed by atoms with Crippen LogP contribution in [0.15, 0.2) is 24.3 Å². The Hall–Kier alpha value is -1.09. The van der Waals surface area contributed by atoms with Gasteiger partial charge in [0.1, 0.15) is 0 Å². The van der Waals surface area contributed by atoms with Gasteiger partial charge in [-0.1, -0.05) is 12.1 Å². The summed E-state index contributed by atoms with van der Waals surface area (Å²) >= 11 is 0. The van der Waals surface area contributed by atoms with Gasteiger partial charge in [0.05, 0.1) is 25.2 Å². The molecule has 0 aliphatic rings. The fourth-order valence-corrected chi connectivity index (χ4v) is 0.936. The van der Waals surface area contributed by atoms with Crippen molar-refractivity contribution in [1.82, 2.24) is 0 Å². The second-order valence-electron chi connectivity index (χ2n) is 2.75. The molecule has 1 aromatic carbocycles. The predicted octanol–water partition coefficient (Wildman–Crippen LogP) is 2.32. The van der Waals surface area contributed by atoms with E-state index in [9.17, 15) is 4.79 Å². The van der Waals surface area contributed by atoms with Crippen molar-refractivity contribution in [3.8, 4) is 6.07 Å². The number of halogens is 2. The van der Waals surface area contributed by atoms with Gasteiger partial charge in [0.25, 0.3) is 0 Å². The summed E-state index contributed by atoms with van der Waals surface area (Å²) < 4.78 is 13.6. The molecular formula is C10H9Cl2NO3S. The van der Waals surface area contributed by atoms with Gasteiger partial charge < -0.3 is 4.74 Å². The van der Waals surface area contributed by atoms with Crippen LogP contribution in [0.3, 0.4) is 0 Å². The molecule has 7 heteroatoms. The van der Waals surface area contributed by atoms with Crippen molar-refractivity contribution in [2.75, 3.05) is 7.11 Å². The number of benzene rings is 1. The first-order valence-electron chi connectivity index (χ1n) is 4.29. The third-order valence-corrected chi connectivity index (χ3v) is 1.66. The highest BCUT2D eigenvalue weighted by atomic mass is 36.0. The highest BCUT2D eigenvalue weighted by Crippen LogP contribution is 2.04. The number of ether oxygens (including phenoxy) is 1. The maximum atomic E-state index is 10.8. The molecule has 0 bridgehead atoms. The van der Waals surface area contributed by atoms with E-state index in [4.69, 9.17) is 9.47 Å². The zero-order valence-electron chi connectivity index (χ0n) is 8.85. The average molecular weight is 294 g/mol. The molecule has 0 saturated heterocycles. The fourth-order valence-electron chi connectivity index (χ4n) is 0.936. The van der Waals surface area contributed by atoms with Crippen molar-refractivity contribution in [1.29, 1.82) is 5.26 Å². The first kappa shape index (κ1) is 15.9. The van der Waals surface area contributed by atoms with E-state index in [-0.39, 0.29) is 12.4 Å². The third kappa shape index (κ3) is 8.69. The molecule has 17 heavy (non-hydrogen) atoms. The van der Waals surface area contributed by atoms with Crippen LogP contribution in [-0.4, -0.2) is 17.3 Å². The third-order valence-electron chi connectivity index (χ3n) is 1.66. The van der Waals surface area contributed by atoms with Gasteiger partial charge in [-0.25, -0.2) is 4.21 Å². The Kier molecular flexibility index (Phi) is 8.42. The lowest BCUT2D eigenvalue weighted by atomic mass is 10.1. The quantitative estimate of drug-likeness (QED) is 0.620. The molecule has 0 heterocycles. The van der Waals surface area contributed by atoms with E-state index in [2.05, 4.69) is 26.1 Å². The van der Waals surface area contributed by atoms with Crippen LogP contribution < -0.4 is 0 Å². The molecule has 0 unspecified atom stereocenters. The minimum atomic E-state index is -1.67. The van der Waals surface area contributed by atoms with Gasteiger partial charge in [0, 0.05) is 21.4 Å². The summed E-state index contributed by atoms with van der Waals surface area (Å²) in [5.74, 6) is -0.273. The highest BCUT2D eigenvalue weighted by Gasteiger charge is 2.01. The lowest BCUT2D eigenvalue weighted by Gasteiger charge is -1.98. The van der Waals surface area contributed by atoms with Crippen LogP contribution in [0.25, 0.3) is 0 Å². The van der Waals surface area contributed by atoms with Gasteiger partial charge in [-0.15, -0.1) is 0 Å². The Bertz CT molecular complexity index is 424. The van der Waals surface area contributed by atoms with Gasteiger partial charge in [-0.3, -0.25) is 4.79 Å². The van der Waals surface area contributed by atoms with E-state index in [1.54, 1.807) is 24.3 Å². The highest BCUT2D eigenvalue weighted by molar-refractivity contribution is 8.26. The van der Waals surface area contributed by atoms with Crippen molar-refractivity contribution in [3.05, 3.63) is 35.4 Å². The number of nitrogens with zero attached hydrogens (tertiary/aromatic N) is 1. The van der Waals surface area contributed by atoms with Crippen LogP contribution in [0.4, 0.5) is 0 Å². The van der Waals surface area contributed by atoms with Gasteiger partial charge in [-0.05, 0) is 17.7 Å². The molecule has 0 radical (unpaired) electrons. The zero-order chi connectivity index (χ0) is 13.3. The summed E-state index contributed by atoms with van der Waals surface area (Å²) in [6, 6.07) is 8.85. The molecule has 0 saturated carbocycles. The number of nitriles is 1. The van der Waals surface area contributed by atoms with Crippen LogP contribution in [0.2, 0.25) is 0 Å². The topological polar surface area (TPSA) is 67.2 Å². The molecule has 92 valence electrons. The molecular weight excluding hydrogens is 285 g/mol. The number of methoxy groups -OCH3 is 1. The molecule has 1 rings (SSSR count). The minimum Gasteiger partial charge on any atom is -0.469 e. The normalized spacial score (nSPS) is 8.88. The number of esters is 1. The van der Waals surface area contributed by atoms with E-state index >= 15 is 0 Å². The Morgan fingerprint density at radius 3 is 2.24 bits per heavy atom. The molecule has 0 aliphatic heterocycles. The molecule has 0 fully saturated rings. The lowest BCUT2D eigenvalue weighted by molar-refractivity contribution is -0.139. The van der Waals surface area contributed by atoms with Gasteiger partial charge in [0.15, 0.2) is 0 Å². The molecule has 0 aliphatic carbocycles. The van der Waals surface area contributed by atoms with Crippen LogP contribution in [0, 0.1) is 11.3 Å². The van der Waals surface area contributed by atoms with Crippen LogP contribution >= 0.6 is 21.4 Å². The summed E-state index contributed by atoms with van der Waals surface area (Å²) in [5, 5.41) is 8.51. The summed E-state index contributed by atoms with van der Waals surface area (Å²) in [5.41, 5.74) is 1.44. The van der Waals surface area contributed by atoms with E-state index < -0.39 is 9.23 Å². The number of hydrogen-bond donors (Lipinski definition) is 0. The molecule has 0 spiro atoms. The number of carbonyl (C=O) groups excluding carboxylic acids is 1. The van der Waals surface area contributed by atoms with Crippen LogP contribution in [0.1, 0.15) is 11.1 Å². The Morgan fingerprint density at radius 2 is 1.88 bits per heavy atom. The average Bonchev–Trinajstić information content (AvgIpc) is 2.29. The SMILES string of the molecule is COC(=O)Cc1ccc(C#N)cc1.O=S(Cl)Cl. The summed E-state index contributed by atoms with van der Waals surface area (Å²) in [6.07, 6.45) is 0.252.